The van der Waals surface area contributed by atoms with E-state index in [2.05, 4.69) is 5.32 Å². The standard InChI is InChI=1S/C19H19NO5/c1-2-23-19(22)17-16(24-12-25-17)18(21)20-15-11-7-6-10-14(15)13-8-4-3-5-9-13/h3-11,16-17H,2,12H2,1H3,(H,20,21)/t16-,17?/m1/s1. The van der Waals surface area contributed by atoms with E-state index in [1.165, 1.54) is 0 Å². The number of carbonyl (C=O) groups excluding carboxylic acids is 2. The maximum Gasteiger partial charge on any atom is 0.338 e. The minimum absolute atomic E-state index is 0.123. The molecule has 1 aliphatic rings. The van der Waals surface area contributed by atoms with Gasteiger partial charge in [0, 0.05) is 11.3 Å². The molecule has 0 spiro atoms. The van der Waals surface area contributed by atoms with Crippen molar-refractivity contribution in [2.24, 2.45) is 0 Å². The summed E-state index contributed by atoms with van der Waals surface area (Å²) in [6.07, 6.45) is -2.09. The van der Waals surface area contributed by atoms with Gasteiger partial charge in [0.05, 0.1) is 6.61 Å². The molecule has 0 radical (unpaired) electrons. The van der Waals surface area contributed by atoms with Gasteiger partial charge in [-0.1, -0.05) is 48.5 Å². The molecule has 2 atom stereocenters. The summed E-state index contributed by atoms with van der Waals surface area (Å²) < 4.78 is 15.4. The van der Waals surface area contributed by atoms with Gasteiger partial charge in [-0.05, 0) is 18.6 Å². The summed E-state index contributed by atoms with van der Waals surface area (Å²) in [6, 6.07) is 17.2. The molecule has 1 amide bonds. The Bertz CT molecular complexity index is 746. The molecular formula is C19H19NO5. The molecule has 0 bridgehead atoms. The van der Waals surface area contributed by atoms with Crippen LogP contribution in [0.2, 0.25) is 0 Å². The van der Waals surface area contributed by atoms with Crippen LogP contribution in [0, 0.1) is 0 Å². The van der Waals surface area contributed by atoms with Crippen LogP contribution >= 0.6 is 0 Å². The van der Waals surface area contributed by atoms with E-state index in [-0.39, 0.29) is 13.4 Å². The van der Waals surface area contributed by atoms with Gasteiger partial charge in [0.2, 0.25) is 0 Å². The fourth-order valence-electron chi connectivity index (χ4n) is 2.66. The van der Waals surface area contributed by atoms with Crippen molar-refractivity contribution in [1.29, 1.82) is 0 Å². The second-order valence-corrected chi connectivity index (χ2v) is 5.45. The zero-order valence-corrected chi connectivity index (χ0v) is 13.8. The van der Waals surface area contributed by atoms with E-state index in [9.17, 15) is 9.59 Å². The molecule has 2 aromatic rings. The number of ether oxygens (including phenoxy) is 3. The summed E-state index contributed by atoms with van der Waals surface area (Å²) in [5.41, 5.74) is 2.49. The van der Waals surface area contributed by atoms with Crippen molar-refractivity contribution >= 4 is 17.6 Å². The van der Waals surface area contributed by atoms with E-state index in [1.54, 1.807) is 13.0 Å². The quantitative estimate of drug-likeness (QED) is 0.846. The van der Waals surface area contributed by atoms with Crippen molar-refractivity contribution in [3.8, 4) is 11.1 Å². The Labute approximate surface area is 145 Å². The third-order valence-corrected chi connectivity index (χ3v) is 3.82. The SMILES string of the molecule is CCOC(=O)C1OCO[C@H]1C(=O)Nc1ccccc1-c1ccccc1. The molecule has 1 fully saturated rings. The number of carbonyl (C=O) groups is 2. The summed E-state index contributed by atoms with van der Waals surface area (Å²) in [5, 5.41) is 2.83. The molecule has 6 heteroatoms. The highest BCUT2D eigenvalue weighted by Crippen LogP contribution is 2.28. The molecule has 130 valence electrons. The van der Waals surface area contributed by atoms with Crippen LogP contribution in [0.3, 0.4) is 0 Å². The lowest BCUT2D eigenvalue weighted by Crippen LogP contribution is -2.41. The average molecular weight is 341 g/mol. The molecule has 1 unspecified atom stereocenters. The Hall–Kier alpha value is -2.70. The molecule has 0 aliphatic carbocycles. The lowest BCUT2D eigenvalue weighted by atomic mass is 10.0. The van der Waals surface area contributed by atoms with Gasteiger partial charge < -0.3 is 19.5 Å². The summed E-state index contributed by atoms with van der Waals surface area (Å²) in [6.45, 7) is 1.78. The molecule has 1 aliphatic heterocycles. The number of nitrogens with one attached hydrogen (secondary N) is 1. The van der Waals surface area contributed by atoms with E-state index >= 15 is 0 Å². The van der Waals surface area contributed by atoms with Crippen LogP contribution in [0.5, 0.6) is 0 Å². The van der Waals surface area contributed by atoms with E-state index in [4.69, 9.17) is 14.2 Å². The smallest absolute Gasteiger partial charge is 0.338 e. The van der Waals surface area contributed by atoms with Gasteiger partial charge >= 0.3 is 5.97 Å². The Morgan fingerprint density at radius 3 is 2.48 bits per heavy atom. The zero-order valence-electron chi connectivity index (χ0n) is 13.8. The summed E-state index contributed by atoms with van der Waals surface area (Å²) in [7, 11) is 0. The van der Waals surface area contributed by atoms with Crippen molar-refractivity contribution in [1.82, 2.24) is 0 Å². The molecule has 1 saturated heterocycles. The molecule has 3 rings (SSSR count). The van der Waals surface area contributed by atoms with Crippen molar-refractivity contribution in [3.05, 3.63) is 54.6 Å². The number of hydrogen-bond donors (Lipinski definition) is 1. The highest BCUT2D eigenvalue weighted by atomic mass is 16.7. The van der Waals surface area contributed by atoms with Crippen LogP contribution in [0.25, 0.3) is 11.1 Å². The number of amides is 1. The van der Waals surface area contributed by atoms with Crippen LogP contribution in [0.4, 0.5) is 5.69 Å². The largest absolute Gasteiger partial charge is 0.464 e. The van der Waals surface area contributed by atoms with E-state index < -0.39 is 24.1 Å². The first-order valence-corrected chi connectivity index (χ1v) is 8.06. The molecule has 0 aromatic heterocycles. The Balaban J connectivity index is 1.79. The number of para-hydroxylation sites is 1. The van der Waals surface area contributed by atoms with Gasteiger partial charge in [0.15, 0.2) is 12.2 Å². The van der Waals surface area contributed by atoms with E-state index in [0.29, 0.717) is 5.69 Å². The van der Waals surface area contributed by atoms with Gasteiger partial charge in [-0.2, -0.15) is 0 Å². The van der Waals surface area contributed by atoms with Gasteiger partial charge in [0.1, 0.15) is 6.79 Å². The highest BCUT2D eigenvalue weighted by molar-refractivity contribution is 6.00. The fraction of sp³-hybridized carbons (Fsp3) is 0.263. The molecule has 6 nitrogen and oxygen atoms in total. The highest BCUT2D eigenvalue weighted by Gasteiger charge is 2.41. The van der Waals surface area contributed by atoms with E-state index in [0.717, 1.165) is 11.1 Å². The second kappa shape index (κ2) is 7.92. The Morgan fingerprint density at radius 2 is 1.72 bits per heavy atom. The maximum atomic E-state index is 12.6. The summed E-state index contributed by atoms with van der Waals surface area (Å²) >= 11 is 0. The second-order valence-electron chi connectivity index (χ2n) is 5.45. The van der Waals surface area contributed by atoms with Crippen molar-refractivity contribution in [2.75, 3.05) is 18.7 Å². The van der Waals surface area contributed by atoms with Crippen molar-refractivity contribution in [2.45, 2.75) is 19.1 Å². The first kappa shape index (κ1) is 17.1. The third kappa shape index (κ3) is 3.87. The first-order chi connectivity index (χ1) is 12.2. The predicted molar refractivity (Wildman–Crippen MR) is 91.8 cm³/mol. The van der Waals surface area contributed by atoms with E-state index in [1.807, 2.05) is 48.5 Å². The summed E-state index contributed by atoms with van der Waals surface area (Å²) in [5.74, 6) is -1.05. The Kier molecular flexibility index (Phi) is 5.42. The lowest BCUT2D eigenvalue weighted by molar-refractivity contribution is -0.155. The van der Waals surface area contributed by atoms with Crippen LogP contribution in [-0.4, -0.2) is 37.5 Å². The molecule has 25 heavy (non-hydrogen) atoms. The van der Waals surface area contributed by atoms with Crippen LogP contribution in [-0.2, 0) is 23.8 Å². The number of rotatable bonds is 5. The number of esters is 1. The molecule has 1 heterocycles. The van der Waals surface area contributed by atoms with Crippen LogP contribution in [0.15, 0.2) is 54.6 Å². The fourth-order valence-corrected chi connectivity index (χ4v) is 2.66. The van der Waals surface area contributed by atoms with Crippen molar-refractivity contribution in [3.63, 3.8) is 0 Å². The third-order valence-electron chi connectivity index (χ3n) is 3.82. The van der Waals surface area contributed by atoms with Crippen LogP contribution in [0.1, 0.15) is 6.92 Å². The minimum Gasteiger partial charge on any atom is -0.464 e. The number of benzene rings is 2. The maximum absolute atomic E-state index is 12.6. The molecule has 1 N–H and O–H groups in total. The lowest BCUT2D eigenvalue weighted by Gasteiger charge is -2.17. The summed E-state index contributed by atoms with van der Waals surface area (Å²) in [4.78, 5) is 24.5. The van der Waals surface area contributed by atoms with Crippen molar-refractivity contribution < 1.29 is 23.8 Å². The number of hydrogen-bond acceptors (Lipinski definition) is 5. The molecule has 2 aromatic carbocycles. The minimum atomic E-state index is -1.05. The Morgan fingerprint density at radius 1 is 1.04 bits per heavy atom. The zero-order chi connectivity index (χ0) is 17.6. The van der Waals surface area contributed by atoms with Gasteiger partial charge in [0.25, 0.3) is 5.91 Å². The molecular weight excluding hydrogens is 322 g/mol. The average Bonchev–Trinajstić information content (AvgIpc) is 3.13. The van der Waals surface area contributed by atoms with Crippen LogP contribution < -0.4 is 5.32 Å². The number of anilines is 1. The van der Waals surface area contributed by atoms with Gasteiger partial charge in [-0.25, -0.2) is 4.79 Å². The topological polar surface area (TPSA) is 73.9 Å². The van der Waals surface area contributed by atoms with Gasteiger partial charge in [-0.3, -0.25) is 4.79 Å². The first-order valence-electron chi connectivity index (χ1n) is 8.06. The normalized spacial score (nSPS) is 19.4. The molecule has 0 saturated carbocycles. The monoisotopic (exact) mass is 341 g/mol. The predicted octanol–water partition coefficient (Wildman–Crippen LogP) is 2.60. The van der Waals surface area contributed by atoms with Gasteiger partial charge in [-0.15, -0.1) is 0 Å².